The van der Waals surface area contributed by atoms with Gasteiger partial charge in [0.15, 0.2) is 11.5 Å². The number of hydrogen-bond donors (Lipinski definition) is 1. The molecule has 2 heterocycles. The third kappa shape index (κ3) is 5.87. The van der Waals surface area contributed by atoms with E-state index in [1.165, 1.54) is 20.3 Å². The zero-order chi connectivity index (χ0) is 25.0. The summed E-state index contributed by atoms with van der Waals surface area (Å²) in [5.41, 5.74) is 0.556. The third-order valence-electron chi connectivity index (χ3n) is 6.51. The summed E-state index contributed by atoms with van der Waals surface area (Å²) >= 11 is 0. The first-order valence-corrected chi connectivity index (χ1v) is 13.0. The van der Waals surface area contributed by atoms with Gasteiger partial charge in [0.2, 0.25) is 10.0 Å². The standard InChI is InChI=1S/C25H31N3O6S/c1-32-24-8-7-23(10-25(24)33-2)35(30,31)28-14-19-9-20(15-28)13-27(12-19)16-21(29)17-34-22-5-3-18(11-26)4-6-22/h3-8,10,19-21,29H,9,12-17H2,1-2H3. The Hall–Kier alpha value is -2.84. The number of ether oxygens (including phenoxy) is 3. The second-order valence-corrected chi connectivity index (χ2v) is 11.1. The van der Waals surface area contributed by atoms with Crippen molar-refractivity contribution < 1.29 is 27.7 Å². The molecule has 188 valence electrons. The number of nitrogens with zero attached hydrogens (tertiary/aromatic N) is 3. The molecule has 2 aliphatic heterocycles. The van der Waals surface area contributed by atoms with Gasteiger partial charge in [0.1, 0.15) is 18.5 Å². The second-order valence-electron chi connectivity index (χ2n) is 9.13. The molecule has 2 aromatic rings. The number of nitriles is 1. The van der Waals surface area contributed by atoms with Crippen molar-refractivity contribution in [2.45, 2.75) is 17.4 Å². The maximum Gasteiger partial charge on any atom is 0.243 e. The van der Waals surface area contributed by atoms with E-state index < -0.39 is 16.1 Å². The fourth-order valence-electron chi connectivity index (χ4n) is 4.98. The van der Waals surface area contributed by atoms with Crippen molar-refractivity contribution in [3.05, 3.63) is 48.0 Å². The lowest BCUT2D eigenvalue weighted by molar-refractivity contribution is 0.0168. The van der Waals surface area contributed by atoms with Gasteiger partial charge in [0.05, 0.1) is 30.7 Å². The molecule has 0 radical (unpaired) electrons. The van der Waals surface area contributed by atoms with Crippen molar-refractivity contribution in [1.82, 2.24) is 9.21 Å². The van der Waals surface area contributed by atoms with Gasteiger partial charge in [0, 0.05) is 38.8 Å². The second kappa shape index (κ2) is 10.8. The summed E-state index contributed by atoms with van der Waals surface area (Å²) < 4.78 is 44.4. The number of fused-ring (bicyclic) bond motifs is 2. The van der Waals surface area contributed by atoms with E-state index >= 15 is 0 Å². The molecule has 3 unspecified atom stereocenters. The van der Waals surface area contributed by atoms with Crippen LogP contribution in [0.1, 0.15) is 12.0 Å². The Morgan fingerprint density at radius 3 is 2.29 bits per heavy atom. The lowest BCUT2D eigenvalue weighted by Gasteiger charge is -2.45. The third-order valence-corrected chi connectivity index (χ3v) is 8.34. The minimum Gasteiger partial charge on any atom is -0.493 e. The number of aliphatic hydroxyl groups is 1. The summed E-state index contributed by atoms with van der Waals surface area (Å²) in [5, 5.41) is 19.4. The Kier molecular flexibility index (Phi) is 7.82. The number of hydrogen-bond acceptors (Lipinski definition) is 8. The van der Waals surface area contributed by atoms with Crippen LogP contribution in [0.3, 0.4) is 0 Å². The summed E-state index contributed by atoms with van der Waals surface area (Å²) in [7, 11) is -0.659. The fourth-order valence-corrected chi connectivity index (χ4v) is 6.59. The number of piperidine rings is 2. The van der Waals surface area contributed by atoms with Crippen molar-refractivity contribution >= 4 is 10.0 Å². The van der Waals surface area contributed by atoms with E-state index in [9.17, 15) is 13.5 Å². The van der Waals surface area contributed by atoms with Crippen LogP contribution in [0.2, 0.25) is 0 Å². The zero-order valence-corrected chi connectivity index (χ0v) is 20.8. The lowest BCUT2D eigenvalue weighted by Crippen LogP contribution is -2.55. The van der Waals surface area contributed by atoms with E-state index in [1.54, 1.807) is 40.7 Å². The monoisotopic (exact) mass is 501 g/mol. The van der Waals surface area contributed by atoms with Crippen LogP contribution in [0.15, 0.2) is 47.4 Å². The van der Waals surface area contributed by atoms with Gasteiger partial charge in [-0.05, 0) is 54.7 Å². The van der Waals surface area contributed by atoms with E-state index in [0.717, 1.165) is 19.5 Å². The molecule has 35 heavy (non-hydrogen) atoms. The van der Waals surface area contributed by atoms with Gasteiger partial charge in [-0.25, -0.2) is 8.42 Å². The van der Waals surface area contributed by atoms with Crippen LogP contribution in [-0.4, -0.2) is 82.4 Å². The first-order valence-electron chi connectivity index (χ1n) is 11.6. The van der Waals surface area contributed by atoms with Gasteiger partial charge in [-0.15, -0.1) is 0 Å². The largest absolute Gasteiger partial charge is 0.493 e. The van der Waals surface area contributed by atoms with Gasteiger partial charge < -0.3 is 19.3 Å². The normalized spacial score (nSPS) is 21.7. The van der Waals surface area contributed by atoms with Crippen LogP contribution < -0.4 is 14.2 Å². The molecule has 10 heteroatoms. The van der Waals surface area contributed by atoms with E-state index in [-0.39, 0.29) is 23.3 Å². The highest BCUT2D eigenvalue weighted by molar-refractivity contribution is 7.89. The molecule has 0 aromatic heterocycles. The van der Waals surface area contributed by atoms with Crippen LogP contribution in [0.5, 0.6) is 17.2 Å². The van der Waals surface area contributed by atoms with Crippen molar-refractivity contribution in [2.75, 3.05) is 53.6 Å². The van der Waals surface area contributed by atoms with Crippen LogP contribution in [0, 0.1) is 23.2 Å². The quantitative estimate of drug-likeness (QED) is 0.555. The summed E-state index contributed by atoms with van der Waals surface area (Å²) in [5.74, 6) is 1.87. The van der Waals surface area contributed by atoms with Crippen LogP contribution >= 0.6 is 0 Å². The topological polar surface area (TPSA) is 112 Å². The van der Waals surface area contributed by atoms with Crippen molar-refractivity contribution in [2.24, 2.45) is 11.8 Å². The molecule has 2 saturated heterocycles. The van der Waals surface area contributed by atoms with Crippen LogP contribution in [-0.2, 0) is 10.0 Å². The molecule has 2 aromatic carbocycles. The Morgan fingerprint density at radius 2 is 1.69 bits per heavy atom. The van der Waals surface area contributed by atoms with Crippen LogP contribution in [0.25, 0.3) is 0 Å². The average Bonchev–Trinajstić information content (AvgIpc) is 2.86. The Balaban J connectivity index is 1.33. The number of sulfonamides is 1. The predicted molar refractivity (Wildman–Crippen MR) is 129 cm³/mol. The molecule has 2 aliphatic rings. The highest BCUT2D eigenvalue weighted by Gasteiger charge is 2.39. The minimum atomic E-state index is -3.66. The van der Waals surface area contributed by atoms with E-state index in [2.05, 4.69) is 11.0 Å². The van der Waals surface area contributed by atoms with E-state index in [4.69, 9.17) is 19.5 Å². The predicted octanol–water partition coefficient (Wildman–Crippen LogP) is 1.96. The maximum atomic E-state index is 13.3. The Bertz CT molecular complexity index is 1150. The number of β-amino-alcohol motifs (C(OH)–C–C–N with tert-alkyl or cyclic N) is 1. The SMILES string of the molecule is COc1ccc(S(=O)(=O)N2CC3CC(CN(CC(O)COc4ccc(C#N)cc4)C3)C2)cc1OC. The summed E-state index contributed by atoms with van der Waals surface area (Å²) in [4.78, 5) is 2.40. The fraction of sp³-hybridized carbons (Fsp3) is 0.480. The molecule has 2 fully saturated rings. The van der Waals surface area contributed by atoms with Gasteiger partial charge in [-0.1, -0.05) is 0 Å². The number of benzene rings is 2. The first kappa shape index (κ1) is 25.3. The van der Waals surface area contributed by atoms with Crippen molar-refractivity contribution in [1.29, 1.82) is 5.26 Å². The lowest BCUT2D eigenvalue weighted by atomic mass is 9.85. The molecular formula is C25H31N3O6S. The van der Waals surface area contributed by atoms with Crippen molar-refractivity contribution in [3.8, 4) is 23.3 Å². The molecule has 0 saturated carbocycles. The maximum absolute atomic E-state index is 13.3. The smallest absolute Gasteiger partial charge is 0.243 e. The number of methoxy groups -OCH3 is 2. The zero-order valence-electron chi connectivity index (χ0n) is 20.0. The molecular weight excluding hydrogens is 470 g/mol. The Morgan fingerprint density at radius 1 is 1.03 bits per heavy atom. The van der Waals surface area contributed by atoms with Gasteiger partial charge >= 0.3 is 0 Å². The van der Waals surface area contributed by atoms with E-state index in [0.29, 0.717) is 42.4 Å². The van der Waals surface area contributed by atoms with Gasteiger partial charge in [-0.3, -0.25) is 4.90 Å². The molecule has 9 nitrogen and oxygen atoms in total. The summed E-state index contributed by atoms with van der Waals surface area (Å²) in [6.07, 6.45) is 0.308. The van der Waals surface area contributed by atoms with Crippen molar-refractivity contribution in [3.63, 3.8) is 0 Å². The summed E-state index contributed by atoms with van der Waals surface area (Å²) in [6, 6.07) is 13.5. The number of rotatable bonds is 9. The first-order chi connectivity index (χ1) is 16.8. The summed E-state index contributed by atoms with van der Waals surface area (Å²) in [6.45, 7) is 2.96. The van der Waals surface area contributed by atoms with Gasteiger partial charge in [0.25, 0.3) is 0 Å². The minimum absolute atomic E-state index is 0.150. The van der Waals surface area contributed by atoms with E-state index in [1.807, 2.05) is 0 Å². The molecule has 0 amide bonds. The molecule has 3 atom stereocenters. The molecule has 2 bridgehead atoms. The molecule has 0 aliphatic carbocycles. The number of likely N-dealkylation sites (tertiary alicyclic amines) is 1. The molecule has 1 N–H and O–H groups in total. The highest BCUT2D eigenvalue weighted by atomic mass is 32.2. The average molecular weight is 502 g/mol. The molecule has 4 rings (SSSR count). The van der Waals surface area contributed by atoms with Crippen LogP contribution in [0.4, 0.5) is 0 Å². The highest BCUT2D eigenvalue weighted by Crippen LogP contribution is 2.35. The van der Waals surface area contributed by atoms with Gasteiger partial charge in [-0.2, -0.15) is 9.57 Å². The number of aliphatic hydroxyl groups excluding tert-OH is 1. The Labute approximate surface area is 206 Å². The molecule has 0 spiro atoms.